The molecule has 0 saturated carbocycles. The lowest BCUT2D eigenvalue weighted by atomic mass is 10.1. The molecule has 2 rings (SSSR count). The predicted octanol–water partition coefficient (Wildman–Crippen LogP) is 1.79. The van der Waals surface area contributed by atoms with E-state index in [1.54, 1.807) is 0 Å². The highest BCUT2D eigenvalue weighted by Crippen LogP contribution is 2.29. The van der Waals surface area contributed by atoms with E-state index < -0.39 is 33.9 Å². The van der Waals surface area contributed by atoms with Crippen molar-refractivity contribution < 1.29 is 30.5 Å². The van der Waals surface area contributed by atoms with Gasteiger partial charge in [-0.3, -0.25) is 0 Å². The first-order chi connectivity index (χ1) is 11.0. The average Bonchev–Trinajstić information content (AvgIpc) is 2.95. The van der Waals surface area contributed by atoms with Gasteiger partial charge < -0.3 is 4.52 Å². The third-order valence-electron chi connectivity index (χ3n) is 2.91. The van der Waals surface area contributed by atoms with Crippen LogP contribution in [0, 0.1) is 5.82 Å². The van der Waals surface area contributed by atoms with Crippen LogP contribution >= 0.6 is 0 Å². The van der Waals surface area contributed by atoms with E-state index in [1.807, 2.05) is 0 Å². The molecular weight excluding hydrogens is 356 g/mol. The van der Waals surface area contributed by atoms with Crippen LogP contribution in [0.5, 0.6) is 0 Å². The van der Waals surface area contributed by atoms with Crippen LogP contribution in [0.4, 0.5) is 17.6 Å². The molecule has 24 heavy (non-hydrogen) atoms. The maximum Gasteiger partial charge on any atom is 0.471 e. The van der Waals surface area contributed by atoms with Gasteiger partial charge in [0.15, 0.2) is 0 Å². The van der Waals surface area contributed by atoms with Crippen LogP contribution in [-0.4, -0.2) is 37.0 Å². The van der Waals surface area contributed by atoms with E-state index in [0.29, 0.717) is 0 Å². The van der Waals surface area contributed by atoms with Gasteiger partial charge in [0.25, 0.3) is 10.2 Å². The van der Waals surface area contributed by atoms with Gasteiger partial charge in [0.1, 0.15) is 5.82 Å². The van der Waals surface area contributed by atoms with Crippen molar-refractivity contribution in [3.05, 3.63) is 35.5 Å². The summed E-state index contributed by atoms with van der Waals surface area (Å²) in [4.78, 5) is 3.14. The van der Waals surface area contributed by atoms with Crippen LogP contribution in [0.3, 0.4) is 0 Å². The normalized spacial score (nSPS) is 12.8. The predicted molar refractivity (Wildman–Crippen MR) is 74.1 cm³/mol. The number of alkyl halides is 3. The van der Waals surface area contributed by atoms with Gasteiger partial charge in [-0.15, -0.1) is 0 Å². The number of benzene rings is 1. The molecule has 0 bridgehead atoms. The minimum atomic E-state index is -4.80. The highest BCUT2D eigenvalue weighted by atomic mass is 32.2. The molecule has 0 spiro atoms. The first kappa shape index (κ1) is 18.3. The molecule has 0 aliphatic rings. The molecule has 0 unspecified atom stereocenters. The van der Waals surface area contributed by atoms with E-state index in [-0.39, 0.29) is 17.7 Å². The van der Waals surface area contributed by atoms with Crippen molar-refractivity contribution in [2.75, 3.05) is 14.1 Å². The van der Waals surface area contributed by atoms with Crippen molar-refractivity contribution in [2.24, 2.45) is 0 Å². The van der Waals surface area contributed by atoms with E-state index >= 15 is 0 Å². The molecule has 0 aliphatic carbocycles. The van der Waals surface area contributed by atoms with Gasteiger partial charge in [0.2, 0.25) is 5.82 Å². The van der Waals surface area contributed by atoms with Crippen molar-refractivity contribution in [3.8, 4) is 11.4 Å². The monoisotopic (exact) mass is 368 g/mol. The number of hydrogen-bond donors (Lipinski definition) is 1. The van der Waals surface area contributed by atoms with E-state index in [0.717, 1.165) is 10.4 Å². The van der Waals surface area contributed by atoms with E-state index in [4.69, 9.17) is 0 Å². The molecule has 1 aromatic heterocycles. The Hall–Kier alpha value is -2.05. The molecule has 1 N–H and O–H groups in total. The summed E-state index contributed by atoms with van der Waals surface area (Å²) < 4.78 is 81.4. The lowest BCUT2D eigenvalue weighted by molar-refractivity contribution is -0.159. The maximum absolute atomic E-state index is 14.0. The van der Waals surface area contributed by atoms with Gasteiger partial charge in [-0.2, -0.15) is 35.6 Å². The Morgan fingerprint density at radius 2 is 1.96 bits per heavy atom. The zero-order valence-corrected chi connectivity index (χ0v) is 13.2. The second-order valence-electron chi connectivity index (χ2n) is 4.84. The molecule has 7 nitrogen and oxygen atoms in total. The molecule has 0 atom stereocenters. The number of nitrogens with one attached hydrogen (secondary N) is 1. The summed E-state index contributed by atoms with van der Waals surface area (Å²) in [5.41, 5.74) is -0.0327. The summed E-state index contributed by atoms with van der Waals surface area (Å²) in [6.45, 7) is -0.327. The number of hydrogen-bond acceptors (Lipinski definition) is 5. The Morgan fingerprint density at radius 1 is 1.29 bits per heavy atom. The van der Waals surface area contributed by atoms with Crippen LogP contribution < -0.4 is 4.72 Å². The summed E-state index contributed by atoms with van der Waals surface area (Å²) in [6, 6.07) is 3.37. The van der Waals surface area contributed by atoms with E-state index in [1.165, 1.54) is 26.2 Å². The number of nitrogens with zero attached hydrogens (tertiary/aromatic N) is 3. The Labute approximate surface area is 134 Å². The summed E-state index contributed by atoms with van der Waals surface area (Å²) in [6.07, 6.45) is -4.80. The summed E-state index contributed by atoms with van der Waals surface area (Å²) in [5, 5.41) is 3.14. The van der Waals surface area contributed by atoms with Gasteiger partial charge >= 0.3 is 12.1 Å². The molecular formula is C12H12F4N4O3S. The second kappa shape index (κ2) is 6.45. The van der Waals surface area contributed by atoms with Crippen LogP contribution in [0.1, 0.15) is 11.5 Å². The summed E-state index contributed by atoms with van der Waals surface area (Å²) in [5.74, 6) is -2.80. The van der Waals surface area contributed by atoms with Gasteiger partial charge in [-0.25, -0.2) is 4.39 Å². The van der Waals surface area contributed by atoms with E-state index in [9.17, 15) is 26.0 Å². The molecule has 1 aromatic carbocycles. The van der Waals surface area contributed by atoms with E-state index in [2.05, 4.69) is 19.4 Å². The fourth-order valence-corrected chi connectivity index (χ4v) is 2.18. The van der Waals surface area contributed by atoms with Crippen molar-refractivity contribution in [1.82, 2.24) is 19.2 Å². The Balaban J connectivity index is 2.20. The minimum Gasteiger partial charge on any atom is -0.329 e. The Bertz CT molecular complexity index is 833. The van der Waals surface area contributed by atoms with Crippen LogP contribution in [0.15, 0.2) is 22.7 Å². The lowest BCUT2D eigenvalue weighted by Crippen LogP contribution is -2.35. The summed E-state index contributed by atoms with van der Waals surface area (Å²) >= 11 is 0. The first-order valence-corrected chi connectivity index (χ1v) is 7.81. The van der Waals surface area contributed by atoms with Crippen molar-refractivity contribution >= 4 is 10.2 Å². The second-order valence-corrected chi connectivity index (χ2v) is 6.80. The highest BCUT2D eigenvalue weighted by Gasteiger charge is 2.38. The Morgan fingerprint density at radius 3 is 2.46 bits per heavy atom. The first-order valence-electron chi connectivity index (χ1n) is 6.37. The van der Waals surface area contributed by atoms with Crippen molar-refractivity contribution in [2.45, 2.75) is 12.7 Å². The molecule has 132 valence electrons. The van der Waals surface area contributed by atoms with Gasteiger partial charge in [0.05, 0.1) is 0 Å². The molecule has 0 saturated heterocycles. The van der Waals surface area contributed by atoms with Crippen molar-refractivity contribution in [1.29, 1.82) is 0 Å². The van der Waals surface area contributed by atoms with Gasteiger partial charge in [-0.05, 0) is 6.07 Å². The van der Waals surface area contributed by atoms with Gasteiger partial charge in [0, 0.05) is 31.8 Å². The van der Waals surface area contributed by atoms with Gasteiger partial charge in [-0.1, -0.05) is 17.3 Å². The fourth-order valence-electron chi connectivity index (χ4n) is 1.58. The standard InChI is InChI=1S/C12H12F4N4O3S/c1-20(2)24(21,22)17-6-8-4-3-7(5-9(8)13)10-18-11(23-19-10)12(14,15)16/h3-5,17H,6H2,1-2H3. The summed E-state index contributed by atoms with van der Waals surface area (Å²) in [7, 11) is -1.13. The maximum atomic E-state index is 14.0. The van der Waals surface area contributed by atoms with Crippen LogP contribution in [0.25, 0.3) is 11.4 Å². The largest absolute Gasteiger partial charge is 0.471 e. The molecule has 0 amide bonds. The highest BCUT2D eigenvalue weighted by molar-refractivity contribution is 7.87. The molecule has 1 heterocycles. The zero-order valence-electron chi connectivity index (χ0n) is 12.4. The topological polar surface area (TPSA) is 88.3 Å². The molecule has 0 radical (unpaired) electrons. The lowest BCUT2D eigenvalue weighted by Gasteiger charge is -2.12. The minimum absolute atomic E-state index is 0.00344. The van der Waals surface area contributed by atoms with Crippen LogP contribution in [0.2, 0.25) is 0 Å². The van der Waals surface area contributed by atoms with Crippen LogP contribution in [-0.2, 0) is 22.9 Å². The molecule has 12 heteroatoms. The Kier molecular flexibility index (Phi) is 4.92. The number of rotatable bonds is 5. The molecule has 0 aliphatic heterocycles. The fraction of sp³-hybridized carbons (Fsp3) is 0.333. The zero-order chi connectivity index (χ0) is 18.1. The third kappa shape index (κ3) is 4.07. The number of halogens is 4. The van der Waals surface area contributed by atoms with Crippen molar-refractivity contribution in [3.63, 3.8) is 0 Å². The SMILES string of the molecule is CN(C)S(=O)(=O)NCc1ccc(-c2noc(C(F)(F)F)n2)cc1F. The quantitative estimate of drug-likeness (QED) is 0.813. The number of aromatic nitrogens is 2. The average molecular weight is 368 g/mol. The smallest absolute Gasteiger partial charge is 0.329 e. The molecule has 0 fully saturated rings. The third-order valence-corrected chi connectivity index (χ3v) is 4.38. The molecule has 2 aromatic rings.